The molecule has 6 nitrogen and oxygen atoms in total. The van der Waals surface area contributed by atoms with Gasteiger partial charge in [0, 0.05) is 16.2 Å². The predicted molar refractivity (Wildman–Crippen MR) is 84.6 cm³/mol. The summed E-state index contributed by atoms with van der Waals surface area (Å²) in [6.45, 7) is 0. The number of anilines is 1. The Morgan fingerprint density at radius 3 is 3.05 bits per heavy atom. The second kappa shape index (κ2) is 6.07. The van der Waals surface area contributed by atoms with Crippen molar-refractivity contribution in [1.82, 2.24) is 14.8 Å². The van der Waals surface area contributed by atoms with Gasteiger partial charge in [-0.1, -0.05) is 33.8 Å². The van der Waals surface area contributed by atoms with Crippen molar-refractivity contribution in [2.75, 3.05) is 11.1 Å². The van der Waals surface area contributed by atoms with Crippen LogP contribution in [0.5, 0.6) is 0 Å². The van der Waals surface area contributed by atoms with Crippen molar-refractivity contribution in [3.05, 3.63) is 39.2 Å². The normalized spacial score (nSPS) is 14.1. The number of amides is 1. The minimum Gasteiger partial charge on any atom is -0.325 e. The zero-order valence-electron chi connectivity index (χ0n) is 11.0. The Labute approximate surface area is 133 Å². The third-order valence-corrected chi connectivity index (χ3v) is 4.47. The van der Waals surface area contributed by atoms with Gasteiger partial charge in [-0.25, -0.2) is 9.89 Å². The van der Waals surface area contributed by atoms with Crippen molar-refractivity contribution < 1.29 is 4.79 Å². The molecule has 1 heterocycles. The van der Waals surface area contributed by atoms with Gasteiger partial charge in [0.15, 0.2) is 5.16 Å². The molecule has 0 unspecified atom stereocenters. The van der Waals surface area contributed by atoms with Crippen LogP contribution in [0.4, 0.5) is 5.69 Å². The summed E-state index contributed by atoms with van der Waals surface area (Å²) in [4.78, 5) is 23.5. The van der Waals surface area contributed by atoms with E-state index >= 15 is 0 Å². The third kappa shape index (κ3) is 3.56. The first-order valence-corrected chi connectivity index (χ1v) is 8.26. The number of carbonyl (C=O) groups is 1. The Balaban J connectivity index is 1.60. The molecular formula is C13H13BrN4O2S. The number of rotatable bonds is 5. The molecule has 1 amide bonds. The Morgan fingerprint density at radius 1 is 1.52 bits per heavy atom. The van der Waals surface area contributed by atoms with Crippen molar-refractivity contribution in [2.24, 2.45) is 0 Å². The van der Waals surface area contributed by atoms with E-state index in [1.807, 2.05) is 24.3 Å². The average Bonchev–Trinajstić information content (AvgIpc) is 3.20. The van der Waals surface area contributed by atoms with Crippen LogP contribution in [0.25, 0.3) is 0 Å². The van der Waals surface area contributed by atoms with Crippen LogP contribution < -0.4 is 11.0 Å². The number of halogens is 1. The highest BCUT2D eigenvalue weighted by molar-refractivity contribution is 9.10. The summed E-state index contributed by atoms with van der Waals surface area (Å²) < 4.78 is 2.54. The van der Waals surface area contributed by atoms with E-state index in [0.717, 1.165) is 23.0 Å². The fraction of sp³-hybridized carbons (Fsp3) is 0.308. The van der Waals surface area contributed by atoms with Gasteiger partial charge in [0.05, 0.1) is 5.75 Å². The lowest BCUT2D eigenvalue weighted by Crippen LogP contribution is -2.17. The molecule has 2 aromatic rings. The molecule has 0 bridgehead atoms. The SMILES string of the molecule is O=C(CSc1n[nH]c(=O)n1C1CC1)Nc1cccc(Br)c1. The van der Waals surface area contributed by atoms with Crippen LogP contribution in [0.3, 0.4) is 0 Å². The number of benzene rings is 1. The van der Waals surface area contributed by atoms with Gasteiger partial charge >= 0.3 is 5.69 Å². The minimum absolute atomic E-state index is 0.129. The molecule has 21 heavy (non-hydrogen) atoms. The number of nitrogens with one attached hydrogen (secondary N) is 2. The number of hydrogen-bond acceptors (Lipinski definition) is 4. The van der Waals surface area contributed by atoms with Gasteiger partial charge < -0.3 is 5.32 Å². The zero-order chi connectivity index (χ0) is 14.8. The second-order valence-electron chi connectivity index (χ2n) is 4.76. The molecule has 3 rings (SSSR count). The van der Waals surface area contributed by atoms with Crippen molar-refractivity contribution in [1.29, 1.82) is 0 Å². The maximum atomic E-state index is 11.9. The summed E-state index contributed by atoms with van der Waals surface area (Å²) in [6, 6.07) is 7.64. The maximum absolute atomic E-state index is 11.9. The Kier molecular flexibility index (Phi) is 4.16. The van der Waals surface area contributed by atoms with Crippen LogP contribution in [0.1, 0.15) is 18.9 Å². The van der Waals surface area contributed by atoms with Crippen molar-refractivity contribution >= 4 is 39.3 Å². The van der Waals surface area contributed by atoms with E-state index in [1.54, 1.807) is 4.57 Å². The number of thioether (sulfide) groups is 1. The molecular weight excluding hydrogens is 356 g/mol. The van der Waals surface area contributed by atoms with E-state index in [-0.39, 0.29) is 23.4 Å². The van der Waals surface area contributed by atoms with Crippen LogP contribution in [0, 0.1) is 0 Å². The highest BCUT2D eigenvalue weighted by atomic mass is 79.9. The van der Waals surface area contributed by atoms with E-state index in [1.165, 1.54) is 11.8 Å². The fourth-order valence-corrected chi connectivity index (χ4v) is 3.15. The largest absolute Gasteiger partial charge is 0.344 e. The topological polar surface area (TPSA) is 79.8 Å². The molecule has 0 radical (unpaired) electrons. The monoisotopic (exact) mass is 368 g/mol. The molecule has 0 aliphatic heterocycles. The van der Waals surface area contributed by atoms with Gasteiger partial charge in [-0.15, -0.1) is 5.10 Å². The molecule has 1 aromatic heterocycles. The van der Waals surface area contributed by atoms with Gasteiger partial charge in [0.1, 0.15) is 0 Å². The first kappa shape index (κ1) is 14.4. The molecule has 8 heteroatoms. The van der Waals surface area contributed by atoms with Gasteiger partial charge in [0.25, 0.3) is 0 Å². The van der Waals surface area contributed by atoms with Crippen LogP contribution >= 0.6 is 27.7 Å². The van der Waals surface area contributed by atoms with Gasteiger partial charge in [-0.2, -0.15) is 0 Å². The number of hydrogen-bond donors (Lipinski definition) is 2. The molecule has 0 saturated heterocycles. The number of nitrogens with zero attached hydrogens (tertiary/aromatic N) is 2. The number of H-pyrrole nitrogens is 1. The highest BCUT2D eigenvalue weighted by Crippen LogP contribution is 2.35. The van der Waals surface area contributed by atoms with Gasteiger partial charge in [-0.05, 0) is 31.0 Å². The van der Waals surface area contributed by atoms with Crippen LogP contribution in [-0.4, -0.2) is 26.4 Å². The molecule has 0 atom stereocenters. The van der Waals surface area contributed by atoms with Crippen LogP contribution in [-0.2, 0) is 4.79 Å². The van der Waals surface area contributed by atoms with E-state index in [0.29, 0.717) is 5.16 Å². The standard InChI is InChI=1S/C13H13BrN4O2S/c14-8-2-1-3-9(6-8)15-11(19)7-21-13-17-16-12(20)18(13)10-4-5-10/h1-3,6,10H,4-5,7H2,(H,15,19)(H,16,20). The molecule has 0 spiro atoms. The van der Waals surface area contributed by atoms with Gasteiger partial charge in [-0.3, -0.25) is 9.36 Å². The lowest BCUT2D eigenvalue weighted by atomic mass is 10.3. The molecule has 1 saturated carbocycles. The Hall–Kier alpha value is -1.54. The molecule has 1 aliphatic rings. The number of aromatic nitrogens is 3. The fourth-order valence-electron chi connectivity index (χ4n) is 1.94. The quantitative estimate of drug-likeness (QED) is 0.794. The number of carbonyl (C=O) groups excluding carboxylic acids is 1. The summed E-state index contributed by atoms with van der Waals surface area (Å²) in [7, 11) is 0. The molecule has 110 valence electrons. The van der Waals surface area contributed by atoms with E-state index in [2.05, 4.69) is 31.4 Å². The Bertz CT molecular complexity index is 723. The summed E-state index contributed by atoms with van der Waals surface area (Å²) in [5.41, 5.74) is 0.531. The van der Waals surface area contributed by atoms with E-state index < -0.39 is 0 Å². The molecule has 1 aliphatic carbocycles. The summed E-state index contributed by atoms with van der Waals surface area (Å²) in [5.74, 6) is 0.0830. The first-order valence-electron chi connectivity index (χ1n) is 6.48. The van der Waals surface area contributed by atoms with Crippen LogP contribution in [0.15, 0.2) is 38.7 Å². The second-order valence-corrected chi connectivity index (χ2v) is 6.62. The molecule has 1 fully saturated rings. The maximum Gasteiger partial charge on any atom is 0.344 e. The van der Waals surface area contributed by atoms with Crippen molar-refractivity contribution in [3.8, 4) is 0 Å². The van der Waals surface area contributed by atoms with E-state index in [4.69, 9.17) is 0 Å². The average molecular weight is 369 g/mol. The van der Waals surface area contributed by atoms with Crippen molar-refractivity contribution in [3.63, 3.8) is 0 Å². The van der Waals surface area contributed by atoms with Crippen LogP contribution in [0.2, 0.25) is 0 Å². The zero-order valence-corrected chi connectivity index (χ0v) is 13.4. The predicted octanol–water partition coefficient (Wildman–Crippen LogP) is 2.40. The van der Waals surface area contributed by atoms with Gasteiger partial charge in [0.2, 0.25) is 5.91 Å². The lowest BCUT2D eigenvalue weighted by Gasteiger charge is -2.06. The molecule has 1 aromatic carbocycles. The van der Waals surface area contributed by atoms with Crippen molar-refractivity contribution in [2.45, 2.75) is 24.0 Å². The highest BCUT2D eigenvalue weighted by Gasteiger charge is 2.28. The van der Waals surface area contributed by atoms with E-state index in [9.17, 15) is 9.59 Å². The first-order chi connectivity index (χ1) is 10.1. The lowest BCUT2D eigenvalue weighted by molar-refractivity contribution is -0.113. The minimum atomic E-state index is -0.201. The molecule has 2 N–H and O–H groups in total. The summed E-state index contributed by atoms with van der Waals surface area (Å²) >= 11 is 4.62. The third-order valence-electron chi connectivity index (χ3n) is 3.02. The Morgan fingerprint density at radius 2 is 2.33 bits per heavy atom. The summed E-state index contributed by atoms with van der Waals surface area (Å²) in [6.07, 6.45) is 1.99. The smallest absolute Gasteiger partial charge is 0.325 e. The number of aromatic amines is 1. The summed E-state index contributed by atoms with van der Waals surface area (Å²) in [5, 5.41) is 9.79.